The maximum atomic E-state index is 13.8. The van der Waals surface area contributed by atoms with Crippen molar-refractivity contribution in [3.8, 4) is 11.5 Å². The molecule has 0 atom stereocenters. The Balaban J connectivity index is 1.82. The van der Waals surface area contributed by atoms with Gasteiger partial charge in [-0.05, 0) is 24.3 Å². The Morgan fingerprint density at radius 2 is 1.39 bits per heavy atom. The first-order chi connectivity index (χ1) is 13.3. The molecule has 4 rings (SSSR count). The second-order valence-electron chi connectivity index (χ2n) is 6.01. The smallest absolute Gasteiger partial charge is 0.342 e. The molecule has 1 aliphatic rings. The lowest BCUT2D eigenvalue weighted by molar-refractivity contribution is 0.0976. The van der Waals surface area contributed by atoms with Crippen molar-refractivity contribution in [2.24, 2.45) is 0 Å². The van der Waals surface area contributed by atoms with Crippen LogP contribution in [0.25, 0.3) is 0 Å². The summed E-state index contributed by atoms with van der Waals surface area (Å²) in [6.07, 6.45) is 0. The molecule has 140 valence electrons. The molecule has 0 heterocycles. The number of benzene rings is 3. The summed E-state index contributed by atoms with van der Waals surface area (Å²) in [7, 11) is -4.62. The minimum atomic E-state index is -4.62. The molecule has 0 fully saturated rings. The van der Waals surface area contributed by atoms with Crippen LogP contribution in [-0.4, -0.2) is 25.1 Å². The van der Waals surface area contributed by atoms with Crippen LogP contribution >= 0.6 is 0 Å². The number of carbonyl (C=O) groups is 2. The minimum Gasteiger partial charge on any atom is -0.504 e. The third-order valence-corrected chi connectivity index (χ3v) is 5.60. The zero-order valence-electron chi connectivity index (χ0n) is 14.0. The Morgan fingerprint density at radius 1 is 0.786 bits per heavy atom. The zero-order valence-corrected chi connectivity index (χ0v) is 14.9. The molecule has 0 spiro atoms. The van der Waals surface area contributed by atoms with Gasteiger partial charge in [0.15, 0.2) is 23.1 Å². The Morgan fingerprint density at radius 3 is 2.07 bits per heavy atom. The van der Waals surface area contributed by atoms with E-state index in [2.05, 4.69) is 0 Å². The molecule has 1 aliphatic carbocycles. The maximum Gasteiger partial charge on any atom is 0.342 e. The lowest BCUT2D eigenvalue weighted by Crippen LogP contribution is -2.21. The first-order valence-corrected chi connectivity index (χ1v) is 9.45. The highest BCUT2D eigenvalue weighted by molar-refractivity contribution is 7.87. The molecule has 28 heavy (non-hydrogen) atoms. The molecule has 0 saturated heterocycles. The van der Waals surface area contributed by atoms with Crippen LogP contribution in [0.4, 0.5) is 4.39 Å². The summed E-state index contributed by atoms with van der Waals surface area (Å²) in [4.78, 5) is 24.6. The minimum absolute atomic E-state index is 0.0724. The summed E-state index contributed by atoms with van der Waals surface area (Å²) in [6.45, 7) is 0. The molecule has 0 radical (unpaired) electrons. The van der Waals surface area contributed by atoms with Gasteiger partial charge in [0.25, 0.3) is 0 Å². The van der Waals surface area contributed by atoms with E-state index in [4.69, 9.17) is 4.18 Å². The first kappa shape index (κ1) is 17.9. The lowest BCUT2D eigenvalue weighted by atomic mass is 9.83. The van der Waals surface area contributed by atoms with Crippen molar-refractivity contribution in [2.75, 3.05) is 0 Å². The number of hydrogen-bond acceptors (Lipinski definition) is 6. The van der Waals surface area contributed by atoms with Crippen LogP contribution < -0.4 is 4.18 Å². The molecular weight excluding hydrogens is 387 g/mol. The molecule has 1 N–H and O–H groups in total. The Hall–Kier alpha value is -3.52. The van der Waals surface area contributed by atoms with Gasteiger partial charge >= 0.3 is 10.1 Å². The number of aromatic hydroxyl groups is 1. The van der Waals surface area contributed by atoms with Crippen LogP contribution in [0.1, 0.15) is 31.8 Å². The van der Waals surface area contributed by atoms with Gasteiger partial charge in [-0.2, -0.15) is 8.42 Å². The topological polar surface area (TPSA) is 97.7 Å². The van der Waals surface area contributed by atoms with Gasteiger partial charge < -0.3 is 9.29 Å². The number of fused-ring (bicyclic) bond motifs is 2. The van der Waals surface area contributed by atoms with E-state index in [0.717, 1.165) is 18.2 Å². The molecule has 6 nitrogen and oxygen atoms in total. The summed E-state index contributed by atoms with van der Waals surface area (Å²) in [5.41, 5.74) is -0.154. The van der Waals surface area contributed by atoms with Crippen molar-refractivity contribution >= 4 is 21.7 Å². The summed E-state index contributed by atoms with van der Waals surface area (Å²) in [6, 6.07) is 12.9. The molecule has 3 aromatic rings. The van der Waals surface area contributed by atoms with Crippen LogP contribution in [0.3, 0.4) is 0 Å². The predicted octanol–water partition coefficient (Wildman–Crippen LogP) is 3.07. The van der Waals surface area contributed by atoms with Crippen LogP contribution in [0.15, 0.2) is 65.6 Å². The molecule has 0 aromatic heterocycles. The summed E-state index contributed by atoms with van der Waals surface area (Å²) < 4.78 is 43.4. The molecule has 0 saturated carbocycles. The van der Waals surface area contributed by atoms with Crippen molar-refractivity contribution in [1.29, 1.82) is 0 Å². The van der Waals surface area contributed by atoms with Gasteiger partial charge in [0.1, 0.15) is 10.7 Å². The van der Waals surface area contributed by atoms with E-state index in [-0.39, 0.29) is 22.3 Å². The Kier molecular flexibility index (Phi) is 4.01. The number of hydrogen-bond donors (Lipinski definition) is 1. The third-order valence-electron chi connectivity index (χ3n) is 4.33. The van der Waals surface area contributed by atoms with E-state index in [1.54, 1.807) is 12.1 Å². The van der Waals surface area contributed by atoms with Crippen molar-refractivity contribution in [2.45, 2.75) is 4.90 Å². The Labute approximate surface area is 159 Å². The molecule has 0 amide bonds. The maximum absolute atomic E-state index is 13.8. The van der Waals surface area contributed by atoms with Crippen molar-refractivity contribution in [3.05, 3.63) is 88.7 Å². The number of phenolic OH excluding ortho intramolecular Hbond substituents is 1. The van der Waals surface area contributed by atoms with E-state index < -0.39 is 43.9 Å². The fourth-order valence-corrected chi connectivity index (χ4v) is 4.04. The number of ketones is 2. The van der Waals surface area contributed by atoms with Gasteiger partial charge in [-0.25, -0.2) is 4.39 Å². The van der Waals surface area contributed by atoms with Gasteiger partial charge in [-0.3, -0.25) is 9.59 Å². The highest BCUT2D eigenvalue weighted by Gasteiger charge is 2.34. The third kappa shape index (κ3) is 2.66. The lowest BCUT2D eigenvalue weighted by Gasteiger charge is -2.19. The average Bonchev–Trinajstić information content (AvgIpc) is 2.68. The Bertz CT molecular complexity index is 1260. The summed E-state index contributed by atoms with van der Waals surface area (Å²) >= 11 is 0. The molecular formula is C20H11FO6S. The zero-order chi connectivity index (χ0) is 20.1. The number of rotatable bonds is 3. The van der Waals surface area contributed by atoms with Gasteiger partial charge in [-0.1, -0.05) is 36.4 Å². The van der Waals surface area contributed by atoms with Crippen molar-refractivity contribution < 1.29 is 31.7 Å². The second-order valence-corrected chi connectivity index (χ2v) is 7.52. The van der Waals surface area contributed by atoms with E-state index in [1.165, 1.54) is 30.3 Å². The second kappa shape index (κ2) is 6.28. The summed E-state index contributed by atoms with van der Waals surface area (Å²) in [5.74, 6) is -3.53. The molecule has 0 aliphatic heterocycles. The van der Waals surface area contributed by atoms with E-state index in [9.17, 15) is 27.5 Å². The quantitative estimate of drug-likeness (QED) is 0.533. The highest BCUT2D eigenvalue weighted by Crippen LogP contribution is 2.39. The monoisotopic (exact) mass is 398 g/mol. The number of carbonyl (C=O) groups excluding carboxylic acids is 2. The SMILES string of the molecule is O=C1c2ccccc2C(=O)c2c1ccc(OS(=O)(=O)c1ccccc1F)c2O. The van der Waals surface area contributed by atoms with Crippen molar-refractivity contribution in [3.63, 3.8) is 0 Å². The van der Waals surface area contributed by atoms with E-state index >= 15 is 0 Å². The fraction of sp³-hybridized carbons (Fsp3) is 0. The normalized spacial score (nSPS) is 13.0. The van der Waals surface area contributed by atoms with Gasteiger partial charge in [-0.15, -0.1) is 0 Å². The summed E-state index contributed by atoms with van der Waals surface area (Å²) in [5, 5.41) is 10.5. The largest absolute Gasteiger partial charge is 0.504 e. The molecule has 0 bridgehead atoms. The van der Waals surface area contributed by atoms with Crippen LogP contribution in [0.5, 0.6) is 11.5 Å². The van der Waals surface area contributed by atoms with Crippen LogP contribution in [-0.2, 0) is 10.1 Å². The van der Waals surface area contributed by atoms with E-state index in [0.29, 0.717) is 0 Å². The molecule has 3 aromatic carbocycles. The number of phenols is 1. The van der Waals surface area contributed by atoms with Gasteiger partial charge in [0.05, 0.1) is 5.56 Å². The molecule has 8 heteroatoms. The van der Waals surface area contributed by atoms with E-state index in [1.807, 2.05) is 0 Å². The fourth-order valence-electron chi connectivity index (χ4n) is 3.03. The number of halogens is 1. The predicted molar refractivity (Wildman–Crippen MR) is 95.6 cm³/mol. The first-order valence-electron chi connectivity index (χ1n) is 8.04. The average molecular weight is 398 g/mol. The van der Waals surface area contributed by atoms with Gasteiger partial charge in [0, 0.05) is 16.7 Å². The van der Waals surface area contributed by atoms with Crippen molar-refractivity contribution in [1.82, 2.24) is 0 Å². The van der Waals surface area contributed by atoms with Gasteiger partial charge in [0.2, 0.25) is 0 Å². The van der Waals surface area contributed by atoms with Crippen LogP contribution in [0, 0.1) is 5.82 Å². The molecule has 0 unspecified atom stereocenters. The van der Waals surface area contributed by atoms with Crippen LogP contribution in [0.2, 0.25) is 0 Å². The highest BCUT2D eigenvalue weighted by atomic mass is 32.2. The standard InChI is InChI=1S/C20H11FO6S/c21-14-7-3-4-8-16(14)28(25,26)27-15-10-9-13-17(20(15)24)19(23)12-6-2-1-5-11(12)18(13)22/h1-10,24H.